The zero-order chi connectivity index (χ0) is 12.1. The van der Waals surface area contributed by atoms with Gasteiger partial charge in [0, 0.05) is 0 Å². The molecule has 0 atom stereocenters. The van der Waals surface area contributed by atoms with Crippen molar-refractivity contribution in [2.45, 2.75) is 20.3 Å². The van der Waals surface area contributed by atoms with E-state index in [2.05, 4.69) is 38.1 Å². The fourth-order valence-electron chi connectivity index (χ4n) is 0.932. The Morgan fingerprint density at radius 2 is 1.67 bits per heavy atom. The van der Waals surface area contributed by atoms with Gasteiger partial charge in [-0.3, -0.25) is 0 Å². The van der Waals surface area contributed by atoms with Gasteiger partial charge in [-0.2, -0.15) is 0 Å². The van der Waals surface area contributed by atoms with E-state index in [4.69, 9.17) is 20.4 Å². The summed E-state index contributed by atoms with van der Waals surface area (Å²) in [5.41, 5.74) is 2.78. The summed E-state index contributed by atoms with van der Waals surface area (Å²) in [5, 5.41) is 10.8. The van der Waals surface area contributed by atoms with E-state index in [1.807, 2.05) is 0 Å². The normalized spacial score (nSPS) is 6.80. The standard InChI is InChI=1S/C9H12.2CHNO/c1-3-9-6-4-5-8(2)7-9;2*2-1-3/h4-7H,3H2,1-2H3;2*2H. The van der Waals surface area contributed by atoms with Gasteiger partial charge in [0.2, 0.25) is 12.2 Å². The van der Waals surface area contributed by atoms with Crippen molar-refractivity contribution in [1.82, 2.24) is 0 Å². The molecule has 0 aliphatic carbocycles. The molecule has 0 saturated carbocycles. The predicted octanol–water partition coefficient (Wildman–Crippen LogP) is 2.36. The van der Waals surface area contributed by atoms with Crippen molar-refractivity contribution in [2.24, 2.45) is 0 Å². The highest BCUT2D eigenvalue weighted by molar-refractivity contribution is 5.26. The van der Waals surface area contributed by atoms with Gasteiger partial charge in [-0.15, -0.1) is 0 Å². The first kappa shape index (κ1) is 15.5. The highest BCUT2D eigenvalue weighted by atomic mass is 16.1. The molecular formula is C11H14N2O2. The molecule has 0 fully saturated rings. The molecule has 1 rings (SSSR count). The maximum Gasteiger partial charge on any atom is 0.231 e. The lowest BCUT2D eigenvalue weighted by Crippen LogP contribution is -1.78. The fraction of sp³-hybridized carbons (Fsp3) is 0.273. The second-order valence-corrected chi connectivity index (χ2v) is 2.55. The van der Waals surface area contributed by atoms with Gasteiger partial charge in [0.05, 0.1) is 0 Å². The lowest BCUT2D eigenvalue weighted by molar-refractivity contribution is 0.562. The molecule has 0 aromatic heterocycles. The fourth-order valence-corrected chi connectivity index (χ4v) is 0.932. The minimum atomic E-state index is 0.750. The van der Waals surface area contributed by atoms with Gasteiger partial charge in [0.1, 0.15) is 0 Å². The van der Waals surface area contributed by atoms with Crippen molar-refractivity contribution >= 4 is 12.2 Å². The summed E-state index contributed by atoms with van der Waals surface area (Å²) in [6, 6.07) is 8.61. The highest BCUT2D eigenvalue weighted by Gasteiger charge is 1.85. The molecule has 1 aromatic rings. The zero-order valence-corrected chi connectivity index (χ0v) is 8.83. The monoisotopic (exact) mass is 206 g/mol. The predicted molar refractivity (Wildman–Crippen MR) is 57.4 cm³/mol. The number of nitrogens with one attached hydrogen (secondary N) is 2. The van der Waals surface area contributed by atoms with Crippen molar-refractivity contribution in [3.63, 3.8) is 0 Å². The van der Waals surface area contributed by atoms with Gasteiger partial charge in [-0.1, -0.05) is 36.8 Å². The van der Waals surface area contributed by atoms with Crippen LogP contribution in [-0.4, -0.2) is 12.2 Å². The van der Waals surface area contributed by atoms with Crippen LogP contribution in [0.4, 0.5) is 0 Å². The van der Waals surface area contributed by atoms with Crippen LogP contribution in [0.5, 0.6) is 0 Å². The highest BCUT2D eigenvalue weighted by Crippen LogP contribution is 2.03. The van der Waals surface area contributed by atoms with Crippen LogP contribution in [0.25, 0.3) is 0 Å². The van der Waals surface area contributed by atoms with Crippen molar-refractivity contribution in [1.29, 1.82) is 10.8 Å². The van der Waals surface area contributed by atoms with Gasteiger partial charge in [-0.25, -0.2) is 20.4 Å². The number of rotatable bonds is 1. The molecule has 0 bridgehead atoms. The molecule has 0 spiro atoms. The van der Waals surface area contributed by atoms with Crippen molar-refractivity contribution in [2.75, 3.05) is 0 Å². The molecule has 80 valence electrons. The number of hydrogen-bond donors (Lipinski definition) is 2. The van der Waals surface area contributed by atoms with Crippen LogP contribution in [0, 0.1) is 17.7 Å². The first-order chi connectivity index (χ1) is 7.15. The van der Waals surface area contributed by atoms with Gasteiger partial charge in [-0.05, 0) is 18.9 Å². The van der Waals surface area contributed by atoms with Crippen molar-refractivity contribution < 1.29 is 9.59 Å². The van der Waals surface area contributed by atoms with Crippen molar-refractivity contribution in [3.8, 4) is 0 Å². The van der Waals surface area contributed by atoms with E-state index in [1.54, 1.807) is 0 Å². The van der Waals surface area contributed by atoms with Crippen LogP contribution in [0.3, 0.4) is 0 Å². The van der Waals surface area contributed by atoms with Crippen LogP contribution < -0.4 is 0 Å². The third-order valence-electron chi connectivity index (χ3n) is 1.49. The Morgan fingerprint density at radius 3 is 1.93 bits per heavy atom. The number of hydrogen-bond acceptors (Lipinski definition) is 4. The topological polar surface area (TPSA) is 81.8 Å². The first-order valence-corrected chi connectivity index (χ1v) is 4.29. The van der Waals surface area contributed by atoms with Crippen LogP contribution in [0.15, 0.2) is 24.3 Å². The minimum absolute atomic E-state index is 0.750. The second-order valence-electron chi connectivity index (χ2n) is 2.55. The van der Waals surface area contributed by atoms with E-state index in [9.17, 15) is 0 Å². The van der Waals surface area contributed by atoms with E-state index in [-0.39, 0.29) is 0 Å². The third-order valence-corrected chi connectivity index (χ3v) is 1.49. The summed E-state index contributed by atoms with van der Waals surface area (Å²) in [5.74, 6) is 0. The van der Waals surface area contributed by atoms with Gasteiger partial charge in [0.15, 0.2) is 0 Å². The van der Waals surface area contributed by atoms with E-state index >= 15 is 0 Å². The number of aryl methyl sites for hydroxylation is 2. The SMILES string of the molecule is CCc1cccc(C)c1.N=C=O.N=C=O. The Morgan fingerprint density at radius 1 is 1.20 bits per heavy atom. The average molecular weight is 206 g/mol. The molecule has 2 N–H and O–H groups in total. The smallest absolute Gasteiger partial charge is 0.222 e. The van der Waals surface area contributed by atoms with Gasteiger partial charge in [0.25, 0.3) is 0 Å². The molecule has 0 amide bonds. The Kier molecular flexibility index (Phi) is 12.3. The van der Waals surface area contributed by atoms with Crippen LogP contribution in [0.2, 0.25) is 0 Å². The maximum atomic E-state index is 8.35. The zero-order valence-electron chi connectivity index (χ0n) is 8.83. The molecule has 0 saturated heterocycles. The van der Waals surface area contributed by atoms with E-state index in [0.717, 1.165) is 18.6 Å². The van der Waals surface area contributed by atoms with E-state index in [1.165, 1.54) is 11.1 Å². The van der Waals surface area contributed by atoms with Crippen molar-refractivity contribution in [3.05, 3.63) is 35.4 Å². The molecule has 15 heavy (non-hydrogen) atoms. The summed E-state index contributed by atoms with van der Waals surface area (Å²) in [7, 11) is 0. The minimum Gasteiger partial charge on any atom is -0.222 e. The molecule has 0 aliphatic heterocycles. The summed E-state index contributed by atoms with van der Waals surface area (Å²) < 4.78 is 0. The largest absolute Gasteiger partial charge is 0.231 e. The molecule has 0 aliphatic rings. The van der Waals surface area contributed by atoms with Crippen LogP contribution >= 0.6 is 0 Å². The van der Waals surface area contributed by atoms with Crippen LogP contribution in [-0.2, 0) is 16.0 Å². The lowest BCUT2D eigenvalue weighted by atomic mass is 10.1. The van der Waals surface area contributed by atoms with Crippen LogP contribution in [0.1, 0.15) is 18.1 Å². The van der Waals surface area contributed by atoms with Gasteiger partial charge < -0.3 is 0 Å². The molecule has 4 nitrogen and oxygen atoms in total. The summed E-state index contributed by atoms with van der Waals surface area (Å²) in [6.45, 7) is 4.30. The molecule has 0 heterocycles. The van der Waals surface area contributed by atoms with Gasteiger partial charge >= 0.3 is 0 Å². The Balaban J connectivity index is 0. The average Bonchev–Trinajstić information content (AvgIpc) is 2.20. The van der Waals surface area contributed by atoms with E-state index < -0.39 is 0 Å². The quantitative estimate of drug-likeness (QED) is 0.546. The molecular weight excluding hydrogens is 192 g/mol. The first-order valence-electron chi connectivity index (χ1n) is 4.29. The summed E-state index contributed by atoms with van der Waals surface area (Å²) in [4.78, 5) is 16.7. The Hall–Kier alpha value is -2.02. The molecule has 0 radical (unpaired) electrons. The number of benzene rings is 1. The molecule has 0 unspecified atom stereocenters. The number of isocyanates is 2. The molecule has 1 aromatic carbocycles. The Labute approximate surface area is 89.0 Å². The molecule has 4 heteroatoms. The third kappa shape index (κ3) is 12.0. The Bertz CT molecular complexity index is 324. The maximum absolute atomic E-state index is 8.35. The lowest BCUT2D eigenvalue weighted by Gasteiger charge is -1.95. The summed E-state index contributed by atoms with van der Waals surface area (Å²) in [6.07, 6.45) is 2.64. The second kappa shape index (κ2) is 12.0. The summed E-state index contributed by atoms with van der Waals surface area (Å²) >= 11 is 0. The number of carbonyl (C=O) groups excluding carboxylic acids is 2. The van der Waals surface area contributed by atoms with E-state index in [0.29, 0.717) is 0 Å².